The monoisotopic (exact) mass is 262 g/mol. The summed E-state index contributed by atoms with van der Waals surface area (Å²) < 4.78 is 0. The van der Waals surface area contributed by atoms with Crippen molar-refractivity contribution in [3.63, 3.8) is 0 Å². The number of hydrogen-bond donors (Lipinski definition) is 2. The summed E-state index contributed by atoms with van der Waals surface area (Å²) in [5, 5.41) is 6.10. The standard InChI is InChI=1S/C14H22N4O/c1-3-16-11-5-8-18(9-6-11)12-4-7-17-13(10-12)14(19)15-2/h4,7,10-11,16H,3,5-6,8-9H2,1-2H3,(H,15,19). The van der Waals surface area contributed by atoms with Gasteiger partial charge in [0.1, 0.15) is 5.69 Å². The Hall–Kier alpha value is -1.62. The van der Waals surface area contributed by atoms with Crippen LogP contribution in [-0.2, 0) is 0 Å². The number of amides is 1. The third-order valence-corrected chi connectivity index (χ3v) is 3.56. The number of nitrogens with zero attached hydrogens (tertiary/aromatic N) is 2. The molecule has 19 heavy (non-hydrogen) atoms. The van der Waals surface area contributed by atoms with E-state index in [0.717, 1.165) is 38.2 Å². The lowest BCUT2D eigenvalue weighted by Gasteiger charge is -2.34. The van der Waals surface area contributed by atoms with Crippen LogP contribution < -0.4 is 15.5 Å². The van der Waals surface area contributed by atoms with Crippen LogP contribution in [0.25, 0.3) is 0 Å². The van der Waals surface area contributed by atoms with E-state index in [2.05, 4.69) is 27.4 Å². The minimum absolute atomic E-state index is 0.135. The van der Waals surface area contributed by atoms with Crippen molar-refractivity contribution in [1.29, 1.82) is 0 Å². The van der Waals surface area contributed by atoms with E-state index in [1.807, 2.05) is 12.1 Å². The fourth-order valence-corrected chi connectivity index (χ4v) is 2.50. The molecule has 1 aromatic rings. The molecule has 0 spiro atoms. The highest BCUT2D eigenvalue weighted by Gasteiger charge is 2.19. The molecule has 2 N–H and O–H groups in total. The van der Waals surface area contributed by atoms with Gasteiger partial charge in [-0.1, -0.05) is 6.92 Å². The Morgan fingerprint density at radius 2 is 2.21 bits per heavy atom. The summed E-state index contributed by atoms with van der Waals surface area (Å²) in [5.41, 5.74) is 1.57. The van der Waals surface area contributed by atoms with Crippen molar-refractivity contribution < 1.29 is 4.79 Å². The number of hydrogen-bond acceptors (Lipinski definition) is 4. The number of aromatic nitrogens is 1. The van der Waals surface area contributed by atoms with Gasteiger partial charge in [-0.05, 0) is 31.5 Å². The third kappa shape index (κ3) is 3.44. The molecule has 104 valence electrons. The number of rotatable bonds is 4. The molecule has 0 atom stereocenters. The molecule has 1 aliphatic heterocycles. The molecule has 0 radical (unpaired) electrons. The van der Waals surface area contributed by atoms with E-state index < -0.39 is 0 Å². The van der Waals surface area contributed by atoms with Crippen molar-refractivity contribution >= 4 is 11.6 Å². The molecule has 0 unspecified atom stereocenters. The van der Waals surface area contributed by atoms with Crippen LogP contribution in [0.1, 0.15) is 30.3 Å². The van der Waals surface area contributed by atoms with Crippen LogP contribution in [0.3, 0.4) is 0 Å². The average molecular weight is 262 g/mol. The maximum absolute atomic E-state index is 11.6. The Morgan fingerprint density at radius 3 is 2.84 bits per heavy atom. The fourth-order valence-electron chi connectivity index (χ4n) is 2.50. The predicted molar refractivity (Wildman–Crippen MR) is 76.5 cm³/mol. The molecule has 1 fully saturated rings. The van der Waals surface area contributed by atoms with Gasteiger partial charge in [0.15, 0.2) is 0 Å². The Kier molecular flexibility index (Phi) is 4.74. The minimum Gasteiger partial charge on any atom is -0.371 e. The van der Waals surface area contributed by atoms with Crippen LogP contribution >= 0.6 is 0 Å². The van der Waals surface area contributed by atoms with Crippen LogP contribution in [-0.4, -0.2) is 43.6 Å². The van der Waals surface area contributed by atoms with Gasteiger partial charge in [-0.15, -0.1) is 0 Å². The van der Waals surface area contributed by atoms with Crippen LogP contribution in [0.15, 0.2) is 18.3 Å². The molecule has 0 saturated carbocycles. The van der Waals surface area contributed by atoms with Crippen LogP contribution in [0, 0.1) is 0 Å². The normalized spacial score (nSPS) is 16.4. The first kappa shape index (κ1) is 13.8. The lowest BCUT2D eigenvalue weighted by Crippen LogP contribution is -2.42. The predicted octanol–water partition coefficient (Wildman–Crippen LogP) is 1.02. The average Bonchev–Trinajstić information content (AvgIpc) is 2.48. The zero-order valence-corrected chi connectivity index (χ0v) is 11.6. The highest BCUT2D eigenvalue weighted by atomic mass is 16.1. The smallest absolute Gasteiger partial charge is 0.269 e. The Labute approximate surface area is 114 Å². The summed E-state index contributed by atoms with van der Waals surface area (Å²) in [7, 11) is 1.62. The Morgan fingerprint density at radius 1 is 1.47 bits per heavy atom. The lowest BCUT2D eigenvalue weighted by atomic mass is 10.0. The van der Waals surface area contributed by atoms with Crippen LogP contribution in [0.4, 0.5) is 5.69 Å². The number of carbonyl (C=O) groups is 1. The lowest BCUT2D eigenvalue weighted by molar-refractivity contribution is 0.0958. The van der Waals surface area contributed by atoms with Crippen molar-refractivity contribution in [1.82, 2.24) is 15.6 Å². The molecule has 0 bridgehead atoms. The van der Waals surface area contributed by atoms with Crippen molar-refractivity contribution in [2.24, 2.45) is 0 Å². The van der Waals surface area contributed by atoms with Crippen molar-refractivity contribution in [3.8, 4) is 0 Å². The summed E-state index contributed by atoms with van der Waals surface area (Å²) in [5.74, 6) is -0.135. The Balaban J connectivity index is 2.01. The maximum Gasteiger partial charge on any atom is 0.269 e. The van der Waals surface area contributed by atoms with Gasteiger partial charge < -0.3 is 15.5 Å². The van der Waals surface area contributed by atoms with Crippen molar-refractivity contribution in [2.45, 2.75) is 25.8 Å². The van der Waals surface area contributed by atoms with E-state index >= 15 is 0 Å². The molecule has 5 nitrogen and oxygen atoms in total. The van der Waals surface area contributed by atoms with E-state index in [9.17, 15) is 4.79 Å². The first-order chi connectivity index (χ1) is 9.24. The fraction of sp³-hybridized carbons (Fsp3) is 0.571. The minimum atomic E-state index is -0.135. The molecule has 2 heterocycles. The second kappa shape index (κ2) is 6.52. The van der Waals surface area contributed by atoms with Gasteiger partial charge in [0.25, 0.3) is 5.91 Å². The van der Waals surface area contributed by atoms with E-state index in [1.165, 1.54) is 0 Å². The largest absolute Gasteiger partial charge is 0.371 e. The molecule has 1 aromatic heterocycles. The van der Waals surface area contributed by atoms with Gasteiger partial charge >= 0.3 is 0 Å². The summed E-state index contributed by atoms with van der Waals surface area (Å²) in [6, 6.07) is 4.47. The summed E-state index contributed by atoms with van der Waals surface area (Å²) in [6.45, 7) is 5.22. The number of piperidine rings is 1. The van der Waals surface area contributed by atoms with Gasteiger partial charge in [-0.3, -0.25) is 9.78 Å². The summed E-state index contributed by atoms with van der Waals surface area (Å²) in [6.07, 6.45) is 3.99. The topological polar surface area (TPSA) is 57.3 Å². The molecule has 1 saturated heterocycles. The number of pyridine rings is 1. The van der Waals surface area contributed by atoms with E-state index in [1.54, 1.807) is 13.2 Å². The summed E-state index contributed by atoms with van der Waals surface area (Å²) >= 11 is 0. The van der Waals surface area contributed by atoms with Gasteiger partial charge in [-0.2, -0.15) is 0 Å². The van der Waals surface area contributed by atoms with Crippen LogP contribution in [0.5, 0.6) is 0 Å². The molecular formula is C14H22N4O. The zero-order chi connectivity index (χ0) is 13.7. The first-order valence-electron chi connectivity index (χ1n) is 6.91. The van der Waals surface area contributed by atoms with E-state index in [4.69, 9.17) is 0 Å². The second-order valence-corrected chi connectivity index (χ2v) is 4.80. The molecule has 0 aromatic carbocycles. The number of carbonyl (C=O) groups excluding carboxylic acids is 1. The quantitative estimate of drug-likeness (QED) is 0.850. The SMILES string of the molecule is CCNC1CCN(c2ccnc(C(=O)NC)c2)CC1. The highest BCUT2D eigenvalue weighted by molar-refractivity contribution is 5.92. The van der Waals surface area contributed by atoms with Crippen molar-refractivity contribution in [3.05, 3.63) is 24.0 Å². The Bertz CT molecular complexity index is 427. The van der Waals surface area contributed by atoms with E-state index in [-0.39, 0.29) is 5.91 Å². The maximum atomic E-state index is 11.6. The zero-order valence-electron chi connectivity index (χ0n) is 11.6. The molecule has 1 aliphatic rings. The molecule has 0 aliphatic carbocycles. The van der Waals surface area contributed by atoms with E-state index in [0.29, 0.717) is 11.7 Å². The first-order valence-corrected chi connectivity index (χ1v) is 6.91. The second-order valence-electron chi connectivity index (χ2n) is 4.80. The summed E-state index contributed by atoms with van der Waals surface area (Å²) in [4.78, 5) is 18.0. The van der Waals surface area contributed by atoms with Gasteiger partial charge in [0, 0.05) is 38.1 Å². The van der Waals surface area contributed by atoms with Crippen LogP contribution in [0.2, 0.25) is 0 Å². The number of nitrogens with one attached hydrogen (secondary N) is 2. The van der Waals surface area contributed by atoms with Gasteiger partial charge in [0.05, 0.1) is 0 Å². The van der Waals surface area contributed by atoms with Gasteiger partial charge in [0.2, 0.25) is 0 Å². The number of anilines is 1. The molecule has 1 amide bonds. The third-order valence-electron chi connectivity index (χ3n) is 3.56. The highest BCUT2D eigenvalue weighted by Crippen LogP contribution is 2.20. The molecular weight excluding hydrogens is 240 g/mol. The molecule has 2 rings (SSSR count). The molecule has 5 heteroatoms. The van der Waals surface area contributed by atoms with Crippen molar-refractivity contribution in [2.75, 3.05) is 31.6 Å². The van der Waals surface area contributed by atoms with Gasteiger partial charge in [-0.25, -0.2) is 0 Å².